The van der Waals surface area contributed by atoms with E-state index < -0.39 is 12.2 Å². The van der Waals surface area contributed by atoms with Gasteiger partial charge in [-0.05, 0) is 6.42 Å². The maximum Gasteiger partial charge on any atom is 0.0847 e. The minimum atomic E-state index is -0.826. The molecule has 2 atom stereocenters. The Balaban J connectivity index is 3.32. The Morgan fingerprint density at radius 2 is 1.89 bits per heavy atom. The highest BCUT2D eigenvalue weighted by atomic mass is 16.3. The first-order chi connectivity index (χ1) is 4.22. The minimum absolute atomic E-state index is 0.148. The first kappa shape index (κ1) is 8.88. The summed E-state index contributed by atoms with van der Waals surface area (Å²) in [5.41, 5.74) is 0. The summed E-state index contributed by atoms with van der Waals surface area (Å²) in [6, 6.07) is 0. The molecule has 0 aliphatic carbocycles. The highest BCUT2D eigenvalue weighted by molar-refractivity contribution is 4.63. The molecule has 3 nitrogen and oxygen atoms in total. The largest absolute Gasteiger partial charge is 0.390 e. The number of rotatable bonds is 4. The number of aliphatic hydroxyl groups is 2. The maximum atomic E-state index is 9.89. The predicted molar refractivity (Wildman–Crippen MR) is 32.5 cm³/mol. The van der Waals surface area contributed by atoms with Crippen LogP contribution in [0.5, 0.6) is 0 Å². The van der Waals surface area contributed by atoms with E-state index in [1.807, 2.05) is 0 Å². The fourth-order valence-electron chi connectivity index (χ4n) is 0.585. The molecule has 0 aromatic heterocycles. The number of hydrogen-bond acceptors (Lipinski definition) is 2. The summed E-state index contributed by atoms with van der Waals surface area (Å²) >= 11 is 0. The quantitative estimate of drug-likeness (QED) is 0.564. The van der Waals surface area contributed by atoms with Gasteiger partial charge in [-0.2, -0.15) is 0 Å². The summed E-state index contributed by atoms with van der Waals surface area (Å²) in [6.45, 7) is 1.44. The van der Waals surface area contributed by atoms with Crippen molar-refractivity contribution in [1.82, 2.24) is 0 Å². The van der Waals surface area contributed by atoms with E-state index in [0.717, 1.165) is 0 Å². The average Bonchev–Trinajstić information content (AvgIpc) is 1.87. The van der Waals surface area contributed by atoms with Crippen LogP contribution in [0, 0.1) is 0 Å². The van der Waals surface area contributed by atoms with Gasteiger partial charge in [0.15, 0.2) is 0 Å². The van der Waals surface area contributed by atoms with Gasteiger partial charge in [0.05, 0.1) is 18.8 Å². The maximum absolute atomic E-state index is 9.89. The second kappa shape index (κ2) is 4.73. The van der Waals surface area contributed by atoms with Crippen molar-refractivity contribution < 1.29 is 15.3 Å². The summed E-state index contributed by atoms with van der Waals surface area (Å²) in [6.07, 6.45) is -0.901. The van der Waals surface area contributed by atoms with E-state index in [-0.39, 0.29) is 13.0 Å². The topological polar surface area (TPSA) is 60.4 Å². The van der Waals surface area contributed by atoms with Gasteiger partial charge in [-0.1, -0.05) is 6.92 Å². The molecule has 0 aliphatic heterocycles. The summed E-state index contributed by atoms with van der Waals surface area (Å²) < 4.78 is 0. The van der Waals surface area contributed by atoms with Crippen LogP contribution in [0.1, 0.15) is 19.8 Å². The lowest BCUT2D eigenvalue weighted by Crippen LogP contribution is -2.25. The molecule has 0 fully saturated rings. The van der Waals surface area contributed by atoms with E-state index >= 15 is 0 Å². The molecule has 0 saturated heterocycles. The Morgan fingerprint density at radius 3 is 2.22 bits per heavy atom. The normalized spacial score (nSPS) is 17.3. The number of aliphatic hydroxyl groups excluding tert-OH is 2. The Bertz CT molecular complexity index is 65.3. The molecule has 3 heteroatoms. The Labute approximate surface area is 54.9 Å². The molecule has 9 heavy (non-hydrogen) atoms. The van der Waals surface area contributed by atoms with Crippen molar-refractivity contribution in [3.8, 4) is 0 Å². The predicted octanol–water partition coefficient (Wildman–Crippen LogP) is -0.0612. The number of hydrogen-bond donors (Lipinski definition) is 2. The van der Waals surface area contributed by atoms with E-state index in [1.54, 1.807) is 6.92 Å². The van der Waals surface area contributed by atoms with E-state index in [9.17, 15) is 5.11 Å². The lowest BCUT2D eigenvalue weighted by molar-refractivity contribution is -0.00274. The molecule has 55 valence electrons. The first-order valence-electron chi connectivity index (χ1n) is 3.16. The summed E-state index contributed by atoms with van der Waals surface area (Å²) in [5.74, 6) is 0. The van der Waals surface area contributed by atoms with Crippen LogP contribution in [0.4, 0.5) is 0 Å². The van der Waals surface area contributed by atoms with Crippen LogP contribution in [0.25, 0.3) is 0 Å². The van der Waals surface area contributed by atoms with Crippen LogP contribution in [0.2, 0.25) is 0 Å². The molecule has 0 spiro atoms. The zero-order valence-corrected chi connectivity index (χ0v) is 5.58. The van der Waals surface area contributed by atoms with Gasteiger partial charge in [0, 0.05) is 6.42 Å². The van der Waals surface area contributed by atoms with Crippen molar-refractivity contribution >= 4 is 0 Å². The Kier molecular flexibility index (Phi) is 4.67. The molecule has 0 heterocycles. The highest BCUT2D eigenvalue weighted by Gasteiger charge is 2.12. The second-order valence-electron chi connectivity index (χ2n) is 2.04. The Hall–Kier alpha value is -0.120. The third kappa shape index (κ3) is 3.46. The molecule has 0 saturated carbocycles. The van der Waals surface area contributed by atoms with Crippen LogP contribution in [0.15, 0.2) is 0 Å². The fraction of sp³-hybridized carbons (Fsp3) is 1.00. The SMILES string of the molecule is CCC(O)C(O)CC[O]. The molecule has 0 aliphatic rings. The van der Waals surface area contributed by atoms with E-state index in [1.165, 1.54) is 0 Å². The zero-order valence-electron chi connectivity index (χ0n) is 5.58. The van der Waals surface area contributed by atoms with Gasteiger partial charge in [0.25, 0.3) is 0 Å². The monoisotopic (exact) mass is 133 g/mol. The minimum Gasteiger partial charge on any atom is -0.390 e. The molecule has 0 bridgehead atoms. The molecule has 0 rings (SSSR count). The van der Waals surface area contributed by atoms with E-state index in [0.29, 0.717) is 6.42 Å². The molecular weight excluding hydrogens is 120 g/mol. The van der Waals surface area contributed by atoms with Crippen LogP contribution >= 0.6 is 0 Å². The van der Waals surface area contributed by atoms with Crippen molar-refractivity contribution in [3.05, 3.63) is 0 Å². The van der Waals surface area contributed by atoms with E-state index in [4.69, 9.17) is 10.2 Å². The fourth-order valence-corrected chi connectivity index (χ4v) is 0.585. The van der Waals surface area contributed by atoms with Gasteiger partial charge in [-0.25, -0.2) is 5.11 Å². The lowest BCUT2D eigenvalue weighted by Gasteiger charge is -2.13. The Morgan fingerprint density at radius 1 is 1.33 bits per heavy atom. The van der Waals surface area contributed by atoms with Gasteiger partial charge in [-0.3, -0.25) is 0 Å². The van der Waals surface area contributed by atoms with Crippen LogP contribution in [0.3, 0.4) is 0 Å². The van der Waals surface area contributed by atoms with Crippen LogP contribution < -0.4 is 0 Å². The van der Waals surface area contributed by atoms with Gasteiger partial charge in [0.1, 0.15) is 0 Å². The van der Waals surface area contributed by atoms with Crippen LogP contribution in [-0.2, 0) is 5.11 Å². The standard InChI is InChI=1S/C6H13O3/c1-2-5(8)6(9)3-4-7/h5-6,8-9H,2-4H2,1H3. The summed E-state index contributed by atoms with van der Waals surface area (Å²) in [7, 11) is 0. The molecule has 0 aromatic carbocycles. The van der Waals surface area contributed by atoms with Gasteiger partial charge in [0.2, 0.25) is 0 Å². The van der Waals surface area contributed by atoms with Gasteiger partial charge < -0.3 is 10.2 Å². The smallest absolute Gasteiger partial charge is 0.0847 e. The third-order valence-electron chi connectivity index (χ3n) is 1.28. The van der Waals surface area contributed by atoms with Gasteiger partial charge in [-0.15, -0.1) is 0 Å². The van der Waals surface area contributed by atoms with Crippen molar-refractivity contribution in [2.24, 2.45) is 0 Å². The van der Waals surface area contributed by atoms with Crippen molar-refractivity contribution in [2.75, 3.05) is 6.61 Å². The molecule has 2 N–H and O–H groups in total. The average molecular weight is 133 g/mol. The van der Waals surface area contributed by atoms with E-state index in [2.05, 4.69) is 0 Å². The summed E-state index contributed by atoms with van der Waals surface area (Å²) in [5, 5.41) is 27.6. The van der Waals surface area contributed by atoms with Crippen LogP contribution in [-0.4, -0.2) is 29.0 Å². The lowest BCUT2D eigenvalue weighted by atomic mass is 10.1. The first-order valence-corrected chi connectivity index (χ1v) is 3.16. The molecular formula is C6H13O3. The van der Waals surface area contributed by atoms with Crippen molar-refractivity contribution in [1.29, 1.82) is 0 Å². The molecule has 2 unspecified atom stereocenters. The third-order valence-corrected chi connectivity index (χ3v) is 1.28. The summed E-state index contributed by atoms with van der Waals surface area (Å²) in [4.78, 5) is 0. The highest BCUT2D eigenvalue weighted by Crippen LogP contribution is 2.01. The zero-order chi connectivity index (χ0) is 7.28. The van der Waals surface area contributed by atoms with Crippen molar-refractivity contribution in [2.45, 2.75) is 32.0 Å². The second-order valence-corrected chi connectivity index (χ2v) is 2.04. The van der Waals surface area contributed by atoms with Gasteiger partial charge >= 0.3 is 0 Å². The molecule has 0 amide bonds. The molecule has 1 radical (unpaired) electrons. The molecule has 0 aromatic rings. The van der Waals surface area contributed by atoms with Crippen molar-refractivity contribution in [3.63, 3.8) is 0 Å².